The molecule has 0 unspecified atom stereocenters. The number of hydrogen-bond acceptors (Lipinski definition) is 3. The Morgan fingerprint density at radius 2 is 2.10 bits per heavy atom. The molecule has 0 aliphatic heterocycles. The summed E-state index contributed by atoms with van der Waals surface area (Å²) >= 11 is 3.45. The van der Waals surface area contributed by atoms with Crippen molar-refractivity contribution in [1.29, 1.82) is 0 Å². The van der Waals surface area contributed by atoms with Gasteiger partial charge in [0, 0.05) is 23.8 Å². The Balaban J connectivity index is 2.27. The van der Waals surface area contributed by atoms with Gasteiger partial charge in [-0.3, -0.25) is 0 Å². The van der Waals surface area contributed by atoms with Crippen LogP contribution in [0.2, 0.25) is 0 Å². The molecule has 0 atom stereocenters. The zero-order valence-corrected chi connectivity index (χ0v) is 13.6. The second kappa shape index (κ2) is 6.72. The van der Waals surface area contributed by atoms with Crippen LogP contribution in [0.15, 0.2) is 40.9 Å². The molecule has 0 saturated heterocycles. The van der Waals surface area contributed by atoms with E-state index in [4.69, 9.17) is 0 Å². The first-order valence-corrected chi connectivity index (χ1v) is 7.48. The number of anilines is 1. The van der Waals surface area contributed by atoms with Crippen molar-refractivity contribution in [3.63, 3.8) is 0 Å². The molecule has 0 spiro atoms. The summed E-state index contributed by atoms with van der Waals surface area (Å²) < 4.78 is 1.02. The fourth-order valence-corrected chi connectivity index (χ4v) is 2.51. The van der Waals surface area contributed by atoms with Crippen LogP contribution in [0.4, 0.5) is 5.82 Å². The fourth-order valence-electron chi connectivity index (χ4n) is 2.06. The third kappa shape index (κ3) is 4.04. The van der Waals surface area contributed by atoms with Crippen molar-refractivity contribution in [2.75, 3.05) is 11.9 Å². The van der Waals surface area contributed by atoms with Crippen LogP contribution in [0.25, 0.3) is 0 Å². The molecule has 0 saturated carbocycles. The highest BCUT2D eigenvalue weighted by atomic mass is 79.9. The predicted octanol–water partition coefficient (Wildman–Crippen LogP) is 3.74. The van der Waals surface area contributed by atoms with E-state index >= 15 is 0 Å². The summed E-state index contributed by atoms with van der Waals surface area (Å²) in [5, 5.41) is 9.18. The summed E-state index contributed by atoms with van der Waals surface area (Å²) in [6.45, 7) is 2.63. The molecule has 0 bridgehead atoms. The normalized spacial score (nSPS) is 10.4. The summed E-state index contributed by atoms with van der Waals surface area (Å²) in [6.07, 6.45) is 0.707. The zero-order valence-electron chi connectivity index (χ0n) is 12.0. The topological polar surface area (TPSA) is 53.4 Å². The molecule has 0 fully saturated rings. The van der Waals surface area contributed by atoms with Crippen molar-refractivity contribution in [3.05, 3.63) is 57.7 Å². The summed E-state index contributed by atoms with van der Waals surface area (Å²) in [5.41, 5.74) is 2.19. The number of aryl methyl sites for hydroxylation is 1. The molecule has 2 aromatic rings. The first kappa shape index (κ1) is 15.5. The number of aromatic nitrogens is 1. The Morgan fingerprint density at radius 3 is 2.71 bits per heavy atom. The number of carbonyl (C=O) groups is 1. The van der Waals surface area contributed by atoms with E-state index in [1.165, 1.54) is 0 Å². The second-order valence-electron chi connectivity index (χ2n) is 4.85. The van der Waals surface area contributed by atoms with Gasteiger partial charge in [0.15, 0.2) is 0 Å². The van der Waals surface area contributed by atoms with Crippen LogP contribution < -0.4 is 4.90 Å². The highest BCUT2D eigenvalue weighted by molar-refractivity contribution is 9.10. The number of pyridine rings is 1. The van der Waals surface area contributed by atoms with E-state index in [1.54, 1.807) is 12.1 Å². The van der Waals surface area contributed by atoms with Crippen molar-refractivity contribution < 1.29 is 9.90 Å². The van der Waals surface area contributed by atoms with Crippen LogP contribution in [-0.4, -0.2) is 23.1 Å². The Bertz CT molecular complexity index is 658. The average molecular weight is 349 g/mol. The highest BCUT2D eigenvalue weighted by Gasteiger charge is 2.11. The van der Waals surface area contributed by atoms with E-state index < -0.39 is 5.97 Å². The van der Waals surface area contributed by atoms with Crippen molar-refractivity contribution in [1.82, 2.24) is 4.98 Å². The number of hydrogen-bond donors (Lipinski definition) is 1. The molecule has 0 aliphatic rings. The molecule has 21 heavy (non-hydrogen) atoms. The summed E-state index contributed by atoms with van der Waals surface area (Å²) in [5.74, 6) is -0.254. The van der Waals surface area contributed by atoms with Crippen molar-refractivity contribution in [2.45, 2.75) is 19.9 Å². The van der Waals surface area contributed by atoms with Crippen LogP contribution in [0.3, 0.4) is 0 Å². The third-order valence-electron chi connectivity index (χ3n) is 3.17. The summed E-state index contributed by atoms with van der Waals surface area (Å²) in [6, 6.07) is 11.3. The van der Waals surface area contributed by atoms with E-state index in [0.717, 1.165) is 15.7 Å². The first-order chi connectivity index (χ1) is 9.99. The van der Waals surface area contributed by atoms with E-state index in [1.807, 2.05) is 43.1 Å². The Kier molecular flexibility index (Phi) is 4.96. The number of aromatic carboxylic acids is 1. The Hall–Kier alpha value is -1.88. The molecular formula is C16H17BrN2O2. The molecule has 4 nitrogen and oxygen atoms in total. The molecule has 0 amide bonds. The molecule has 110 valence electrons. The number of nitrogens with zero attached hydrogens (tertiary/aromatic N) is 2. The minimum absolute atomic E-state index is 0.276. The van der Waals surface area contributed by atoms with Crippen LogP contribution in [0.5, 0.6) is 0 Å². The van der Waals surface area contributed by atoms with Gasteiger partial charge in [0.05, 0.1) is 5.56 Å². The van der Waals surface area contributed by atoms with Gasteiger partial charge in [0.25, 0.3) is 0 Å². The van der Waals surface area contributed by atoms with Gasteiger partial charge in [-0.05, 0) is 36.2 Å². The van der Waals surface area contributed by atoms with Gasteiger partial charge < -0.3 is 10.0 Å². The molecule has 1 heterocycles. The van der Waals surface area contributed by atoms with Crippen LogP contribution in [-0.2, 0) is 13.0 Å². The van der Waals surface area contributed by atoms with Gasteiger partial charge in [-0.25, -0.2) is 9.78 Å². The van der Waals surface area contributed by atoms with Gasteiger partial charge >= 0.3 is 5.97 Å². The molecule has 1 aromatic heterocycles. The van der Waals surface area contributed by atoms with E-state index in [9.17, 15) is 9.90 Å². The lowest BCUT2D eigenvalue weighted by molar-refractivity contribution is 0.0696. The summed E-state index contributed by atoms with van der Waals surface area (Å²) in [7, 11) is 1.91. The Labute approximate surface area is 132 Å². The van der Waals surface area contributed by atoms with Crippen molar-refractivity contribution in [2.24, 2.45) is 0 Å². The zero-order chi connectivity index (χ0) is 15.4. The number of carboxylic acids is 1. The molecule has 1 aromatic carbocycles. The second-order valence-corrected chi connectivity index (χ2v) is 5.77. The molecule has 5 heteroatoms. The maximum atomic E-state index is 11.2. The average Bonchev–Trinajstić information content (AvgIpc) is 2.46. The van der Waals surface area contributed by atoms with Crippen LogP contribution in [0, 0.1) is 0 Å². The van der Waals surface area contributed by atoms with Crippen molar-refractivity contribution >= 4 is 27.7 Å². The minimum atomic E-state index is -0.927. The monoisotopic (exact) mass is 348 g/mol. The minimum Gasteiger partial charge on any atom is -0.478 e. The summed E-state index contributed by atoms with van der Waals surface area (Å²) in [4.78, 5) is 17.6. The van der Waals surface area contributed by atoms with E-state index in [2.05, 4.69) is 20.9 Å². The lowest BCUT2D eigenvalue weighted by Crippen LogP contribution is -2.19. The van der Waals surface area contributed by atoms with Gasteiger partial charge in [-0.15, -0.1) is 0 Å². The highest BCUT2D eigenvalue weighted by Crippen LogP contribution is 2.19. The predicted molar refractivity (Wildman–Crippen MR) is 86.8 cm³/mol. The molecule has 2 rings (SSSR count). The van der Waals surface area contributed by atoms with Crippen molar-refractivity contribution in [3.8, 4) is 0 Å². The lowest BCUT2D eigenvalue weighted by atomic mass is 10.1. The van der Waals surface area contributed by atoms with Crippen LogP contribution >= 0.6 is 15.9 Å². The Morgan fingerprint density at radius 1 is 1.33 bits per heavy atom. The fraction of sp³-hybridized carbons (Fsp3) is 0.250. The van der Waals surface area contributed by atoms with Gasteiger partial charge in [0.1, 0.15) is 5.82 Å². The largest absolute Gasteiger partial charge is 0.478 e. The standard InChI is InChI=1S/C16H17BrN2O2/c1-3-14-8-12(16(20)21)9-15(18-14)19(2)10-11-5-4-6-13(17)7-11/h4-9H,3,10H2,1-2H3,(H,20,21). The molecule has 0 radical (unpaired) electrons. The molecule has 1 N–H and O–H groups in total. The van der Waals surface area contributed by atoms with Gasteiger partial charge in [-0.1, -0.05) is 35.0 Å². The maximum Gasteiger partial charge on any atom is 0.335 e. The lowest BCUT2D eigenvalue weighted by Gasteiger charge is -2.19. The van der Waals surface area contributed by atoms with E-state index in [-0.39, 0.29) is 5.56 Å². The SMILES string of the molecule is CCc1cc(C(=O)O)cc(N(C)Cc2cccc(Br)c2)n1. The number of benzene rings is 1. The van der Waals surface area contributed by atoms with Crippen LogP contribution in [0.1, 0.15) is 28.5 Å². The number of rotatable bonds is 5. The number of halogens is 1. The third-order valence-corrected chi connectivity index (χ3v) is 3.67. The maximum absolute atomic E-state index is 11.2. The first-order valence-electron chi connectivity index (χ1n) is 6.69. The smallest absolute Gasteiger partial charge is 0.335 e. The van der Waals surface area contributed by atoms with Gasteiger partial charge in [0.2, 0.25) is 0 Å². The molecule has 0 aliphatic carbocycles. The molecular weight excluding hydrogens is 332 g/mol. The van der Waals surface area contributed by atoms with Gasteiger partial charge in [-0.2, -0.15) is 0 Å². The van der Waals surface area contributed by atoms with E-state index in [0.29, 0.717) is 18.8 Å². The number of carboxylic acid groups (broad SMARTS) is 1. The quantitative estimate of drug-likeness (QED) is 0.894.